The molecule has 3 atom stereocenters. The second-order valence-corrected chi connectivity index (χ2v) is 6.52. The standard InChI is InChI=1S/C11H23NOS/c1-9(2)6-7-14(13)11-5-4-10(8-11)12-3/h9-12H,4-8H2,1-3H3. The van der Waals surface area contributed by atoms with Crippen LogP contribution in [0, 0.1) is 5.92 Å². The fraction of sp³-hybridized carbons (Fsp3) is 1.00. The fourth-order valence-electron chi connectivity index (χ4n) is 1.96. The first-order valence-corrected chi connectivity index (χ1v) is 7.06. The average molecular weight is 217 g/mol. The summed E-state index contributed by atoms with van der Waals surface area (Å²) in [5, 5.41) is 3.74. The summed E-state index contributed by atoms with van der Waals surface area (Å²) in [5.74, 6) is 1.58. The van der Waals surface area contributed by atoms with Gasteiger partial charge in [-0.25, -0.2) is 0 Å². The molecule has 84 valence electrons. The molecule has 14 heavy (non-hydrogen) atoms. The number of hydrogen-bond acceptors (Lipinski definition) is 2. The Morgan fingerprint density at radius 3 is 2.64 bits per heavy atom. The van der Waals surface area contributed by atoms with E-state index in [1.807, 2.05) is 7.05 Å². The van der Waals surface area contributed by atoms with Crippen LogP contribution in [0.2, 0.25) is 0 Å². The lowest BCUT2D eigenvalue weighted by molar-refractivity contribution is 0.580. The highest BCUT2D eigenvalue weighted by atomic mass is 32.2. The molecular weight excluding hydrogens is 194 g/mol. The van der Waals surface area contributed by atoms with Gasteiger partial charge in [-0.2, -0.15) is 0 Å². The molecule has 3 unspecified atom stereocenters. The van der Waals surface area contributed by atoms with Crippen LogP contribution in [-0.2, 0) is 10.8 Å². The maximum absolute atomic E-state index is 11.9. The Balaban J connectivity index is 2.25. The van der Waals surface area contributed by atoms with Crippen LogP contribution < -0.4 is 5.32 Å². The van der Waals surface area contributed by atoms with Gasteiger partial charge >= 0.3 is 0 Å². The predicted molar refractivity (Wildman–Crippen MR) is 63.0 cm³/mol. The van der Waals surface area contributed by atoms with Crippen molar-refractivity contribution in [1.82, 2.24) is 5.32 Å². The van der Waals surface area contributed by atoms with Crippen molar-refractivity contribution in [2.45, 2.75) is 50.8 Å². The van der Waals surface area contributed by atoms with Crippen molar-refractivity contribution in [3.63, 3.8) is 0 Å². The zero-order valence-electron chi connectivity index (χ0n) is 9.58. The minimum atomic E-state index is -0.578. The minimum Gasteiger partial charge on any atom is -0.317 e. The van der Waals surface area contributed by atoms with E-state index in [0.717, 1.165) is 25.0 Å². The molecule has 1 N–H and O–H groups in total. The van der Waals surface area contributed by atoms with Crippen LogP contribution in [0.25, 0.3) is 0 Å². The molecule has 2 nitrogen and oxygen atoms in total. The van der Waals surface area contributed by atoms with Gasteiger partial charge in [0, 0.05) is 27.8 Å². The first-order valence-electron chi connectivity index (χ1n) is 5.68. The van der Waals surface area contributed by atoms with Gasteiger partial charge in [0.1, 0.15) is 0 Å². The van der Waals surface area contributed by atoms with Crippen LogP contribution in [0.3, 0.4) is 0 Å². The van der Waals surface area contributed by atoms with Crippen LogP contribution >= 0.6 is 0 Å². The first kappa shape index (κ1) is 12.2. The summed E-state index contributed by atoms with van der Waals surface area (Å²) in [6, 6.07) is 0.614. The summed E-state index contributed by atoms with van der Waals surface area (Å²) >= 11 is 0. The molecule has 0 bridgehead atoms. The van der Waals surface area contributed by atoms with Gasteiger partial charge in [-0.15, -0.1) is 0 Å². The van der Waals surface area contributed by atoms with Gasteiger partial charge in [0.15, 0.2) is 0 Å². The third-order valence-electron chi connectivity index (χ3n) is 3.06. The van der Waals surface area contributed by atoms with Crippen molar-refractivity contribution in [2.75, 3.05) is 12.8 Å². The van der Waals surface area contributed by atoms with Crippen LogP contribution in [0.4, 0.5) is 0 Å². The molecule has 3 heteroatoms. The Morgan fingerprint density at radius 1 is 1.43 bits per heavy atom. The zero-order chi connectivity index (χ0) is 10.6. The molecule has 0 heterocycles. The topological polar surface area (TPSA) is 29.1 Å². The molecule has 0 aliphatic heterocycles. The smallest absolute Gasteiger partial charge is 0.0363 e. The summed E-state index contributed by atoms with van der Waals surface area (Å²) < 4.78 is 11.9. The third-order valence-corrected chi connectivity index (χ3v) is 4.87. The lowest BCUT2D eigenvalue weighted by Crippen LogP contribution is -2.24. The van der Waals surface area contributed by atoms with Crippen molar-refractivity contribution >= 4 is 10.8 Å². The number of nitrogens with one attached hydrogen (secondary N) is 1. The highest BCUT2D eigenvalue weighted by Gasteiger charge is 2.27. The molecule has 1 fully saturated rings. The highest BCUT2D eigenvalue weighted by Crippen LogP contribution is 2.24. The van der Waals surface area contributed by atoms with Gasteiger partial charge in [-0.05, 0) is 38.6 Å². The Kier molecular flexibility index (Phi) is 5.10. The van der Waals surface area contributed by atoms with E-state index in [0.29, 0.717) is 17.2 Å². The normalized spacial score (nSPS) is 29.7. The SMILES string of the molecule is CNC1CCC(S(=O)CCC(C)C)C1. The second-order valence-electron chi connectivity index (χ2n) is 4.69. The van der Waals surface area contributed by atoms with E-state index >= 15 is 0 Å². The quantitative estimate of drug-likeness (QED) is 0.762. The van der Waals surface area contributed by atoms with Crippen molar-refractivity contribution < 1.29 is 4.21 Å². The summed E-state index contributed by atoms with van der Waals surface area (Å²) in [6.07, 6.45) is 4.57. The van der Waals surface area contributed by atoms with Gasteiger partial charge in [0.2, 0.25) is 0 Å². The van der Waals surface area contributed by atoms with Crippen LogP contribution in [0.1, 0.15) is 39.5 Å². The number of rotatable bonds is 5. The molecule has 0 spiro atoms. The maximum atomic E-state index is 11.9. The highest BCUT2D eigenvalue weighted by molar-refractivity contribution is 7.85. The third kappa shape index (κ3) is 3.70. The Bertz CT molecular complexity index is 194. The van der Waals surface area contributed by atoms with E-state index in [-0.39, 0.29) is 0 Å². The molecule has 0 aromatic carbocycles. The monoisotopic (exact) mass is 217 g/mol. The zero-order valence-corrected chi connectivity index (χ0v) is 10.4. The summed E-state index contributed by atoms with van der Waals surface area (Å²) in [6.45, 7) is 4.39. The van der Waals surface area contributed by atoms with E-state index in [1.165, 1.54) is 6.42 Å². The molecule has 1 aliphatic carbocycles. The predicted octanol–water partition coefficient (Wildman–Crippen LogP) is 1.92. The molecule has 1 saturated carbocycles. The molecule has 0 saturated heterocycles. The Labute approximate surface area is 90.3 Å². The lowest BCUT2D eigenvalue weighted by Gasteiger charge is -2.11. The lowest BCUT2D eigenvalue weighted by atomic mass is 10.2. The van der Waals surface area contributed by atoms with Crippen molar-refractivity contribution in [2.24, 2.45) is 5.92 Å². The van der Waals surface area contributed by atoms with Crippen molar-refractivity contribution in [3.05, 3.63) is 0 Å². The van der Waals surface area contributed by atoms with Crippen molar-refractivity contribution in [1.29, 1.82) is 0 Å². The van der Waals surface area contributed by atoms with Gasteiger partial charge in [-0.1, -0.05) is 13.8 Å². The van der Waals surface area contributed by atoms with Crippen LogP contribution in [0.15, 0.2) is 0 Å². The van der Waals surface area contributed by atoms with Crippen LogP contribution in [0.5, 0.6) is 0 Å². The van der Waals surface area contributed by atoms with E-state index in [2.05, 4.69) is 19.2 Å². The van der Waals surface area contributed by atoms with E-state index < -0.39 is 10.8 Å². The van der Waals surface area contributed by atoms with Crippen molar-refractivity contribution in [3.8, 4) is 0 Å². The van der Waals surface area contributed by atoms with Gasteiger partial charge in [-0.3, -0.25) is 4.21 Å². The van der Waals surface area contributed by atoms with E-state index in [9.17, 15) is 4.21 Å². The summed E-state index contributed by atoms with van der Waals surface area (Å²) in [5.41, 5.74) is 0. The van der Waals surface area contributed by atoms with Gasteiger partial charge in [0.25, 0.3) is 0 Å². The molecule has 0 aromatic heterocycles. The summed E-state index contributed by atoms with van der Waals surface area (Å²) in [4.78, 5) is 0. The fourth-order valence-corrected chi connectivity index (χ4v) is 3.84. The molecule has 0 amide bonds. The average Bonchev–Trinajstić information content (AvgIpc) is 2.62. The molecule has 0 aromatic rings. The number of hydrogen-bond donors (Lipinski definition) is 1. The van der Waals surface area contributed by atoms with Gasteiger partial charge in [0.05, 0.1) is 0 Å². The minimum absolute atomic E-state index is 0.464. The molecule has 1 aliphatic rings. The summed E-state index contributed by atoms with van der Waals surface area (Å²) in [7, 11) is 1.43. The maximum Gasteiger partial charge on any atom is 0.0363 e. The molecule has 0 radical (unpaired) electrons. The van der Waals surface area contributed by atoms with Gasteiger partial charge < -0.3 is 5.32 Å². The van der Waals surface area contributed by atoms with E-state index in [4.69, 9.17) is 0 Å². The first-order chi connectivity index (χ1) is 6.63. The Morgan fingerprint density at radius 2 is 2.14 bits per heavy atom. The largest absolute Gasteiger partial charge is 0.317 e. The van der Waals surface area contributed by atoms with Crippen LogP contribution in [-0.4, -0.2) is 28.3 Å². The molecular formula is C11H23NOS. The Hall–Kier alpha value is 0.110. The second kappa shape index (κ2) is 5.86. The molecule has 1 rings (SSSR count). The van der Waals surface area contributed by atoms with E-state index in [1.54, 1.807) is 0 Å².